The van der Waals surface area contributed by atoms with Gasteiger partial charge in [0.15, 0.2) is 0 Å². The van der Waals surface area contributed by atoms with Crippen LogP contribution in [0.5, 0.6) is 5.75 Å². The zero-order valence-electron chi connectivity index (χ0n) is 19.0. The van der Waals surface area contributed by atoms with Crippen molar-refractivity contribution in [1.82, 2.24) is 10.3 Å². The van der Waals surface area contributed by atoms with Gasteiger partial charge in [-0.05, 0) is 55.2 Å². The molecule has 2 unspecified atom stereocenters. The minimum absolute atomic E-state index is 0.207. The number of hydrogen-bond donors (Lipinski definition) is 2. The number of benzene rings is 2. The zero-order chi connectivity index (χ0) is 25.8. The summed E-state index contributed by atoms with van der Waals surface area (Å²) in [6.45, 7) is 1.53. The molecule has 0 aliphatic carbocycles. The number of aromatic nitrogens is 1. The van der Waals surface area contributed by atoms with Gasteiger partial charge in [-0.2, -0.15) is 13.2 Å². The SMILES string of the molecule is COc1cc(F)ccc1C(CCc1ccc(C(F)(F)F)nc1)NC(C)(C(N)=O)c1ccc(F)cc1. The molecule has 186 valence electrons. The number of carbonyl (C=O) groups is 1. The third-order valence-electron chi connectivity index (χ3n) is 5.79. The fourth-order valence-corrected chi connectivity index (χ4v) is 3.76. The second-order valence-corrected chi connectivity index (χ2v) is 8.17. The van der Waals surface area contributed by atoms with E-state index in [1.807, 2.05) is 0 Å². The van der Waals surface area contributed by atoms with E-state index in [4.69, 9.17) is 10.5 Å². The highest BCUT2D eigenvalue weighted by Gasteiger charge is 2.37. The third kappa shape index (κ3) is 6.13. The highest BCUT2D eigenvalue weighted by Crippen LogP contribution is 2.34. The van der Waals surface area contributed by atoms with Gasteiger partial charge in [0.2, 0.25) is 5.91 Å². The summed E-state index contributed by atoms with van der Waals surface area (Å²) in [4.78, 5) is 16.0. The number of halogens is 5. The molecule has 3 rings (SSSR count). The van der Waals surface area contributed by atoms with Gasteiger partial charge in [0.05, 0.1) is 7.11 Å². The first-order valence-electron chi connectivity index (χ1n) is 10.6. The summed E-state index contributed by atoms with van der Waals surface area (Å²) in [7, 11) is 1.36. The van der Waals surface area contributed by atoms with Gasteiger partial charge in [0.25, 0.3) is 0 Å². The molecule has 0 saturated heterocycles. The van der Waals surface area contributed by atoms with Gasteiger partial charge in [-0.25, -0.2) is 8.78 Å². The average Bonchev–Trinajstić information content (AvgIpc) is 2.81. The maximum Gasteiger partial charge on any atom is 0.433 e. The summed E-state index contributed by atoms with van der Waals surface area (Å²) in [5.41, 5.74) is 4.68. The van der Waals surface area contributed by atoms with Crippen LogP contribution in [0.15, 0.2) is 60.8 Å². The molecule has 0 aliphatic rings. The smallest absolute Gasteiger partial charge is 0.433 e. The van der Waals surface area contributed by atoms with Gasteiger partial charge >= 0.3 is 6.18 Å². The van der Waals surface area contributed by atoms with Crippen LogP contribution in [0.25, 0.3) is 0 Å². The minimum atomic E-state index is -4.55. The Morgan fingerprint density at radius 2 is 1.71 bits per heavy atom. The largest absolute Gasteiger partial charge is 0.496 e. The molecule has 5 nitrogen and oxygen atoms in total. The minimum Gasteiger partial charge on any atom is -0.496 e. The fraction of sp³-hybridized carbons (Fsp3) is 0.280. The molecule has 3 N–H and O–H groups in total. The molecule has 3 aromatic rings. The first-order chi connectivity index (χ1) is 16.4. The Morgan fingerprint density at radius 1 is 1.06 bits per heavy atom. The van der Waals surface area contributed by atoms with Crippen LogP contribution in [-0.2, 0) is 22.9 Å². The molecule has 1 aromatic heterocycles. The van der Waals surface area contributed by atoms with E-state index < -0.39 is 41.0 Å². The van der Waals surface area contributed by atoms with Crippen LogP contribution in [0.1, 0.15) is 41.8 Å². The molecule has 2 aromatic carbocycles. The number of methoxy groups -OCH3 is 1. The summed E-state index contributed by atoms with van der Waals surface area (Å²) >= 11 is 0. The quantitative estimate of drug-likeness (QED) is 0.409. The molecule has 10 heteroatoms. The number of aryl methyl sites for hydroxylation is 1. The van der Waals surface area contributed by atoms with Crippen LogP contribution < -0.4 is 15.8 Å². The maximum absolute atomic E-state index is 13.8. The van der Waals surface area contributed by atoms with Crippen molar-refractivity contribution in [3.8, 4) is 5.75 Å². The van der Waals surface area contributed by atoms with Gasteiger partial charge in [0.1, 0.15) is 28.6 Å². The lowest BCUT2D eigenvalue weighted by atomic mass is 9.87. The molecule has 0 aliphatic heterocycles. The second kappa shape index (κ2) is 10.4. The van der Waals surface area contributed by atoms with E-state index in [0.717, 1.165) is 12.3 Å². The lowest BCUT2D eigenvalue weighted by Crippen LogP contribution is -2.51. The standard InChI is InChI=1S/C25H24F5N3O2/c1-24(23(31)34,16-5-7-17(26)8-6-16)33-20(19-10-9-18(27)13-21(19)35-2)11-3-15-4-12-22(32-14-15)25(28,29)30/h4-10,12-14,20,33H,3,11H2,1-2H3,(H2,31,34). The van der Waals surface area contributed by atoms with Crippen molar-refractivity contribution in [2.75, 3.05) is 7.11 Å². The van der Waals surface area contributed by atoms with Gasteiger partial charge in [-0.1, -0.05) is 24.3 Å². The van der Waals surface area contributed by atoms with Crippen molar-refractivity contribution >= 4 is 5.91 Å². The van der Waals surface area contributed by atoms with E-state index >= 15 is 0 Å². The third-order valence-corrected chi connectivity index (χ3v) is 5.79. The lowest BCUT2D eigenvalue weighted by molar-refractivity contribution is -0.141. The van der Waals surface area contributed by atoms with Crippen LogP contribution in [0.4, 0.5) is 22.0 Å². The number of hydrogen-bond acceptors (Lipinski definition) is 4. The average molecular weight is 493 g/mol. The molecule has 0 saturated carbocycles. The summed E-state index contributed by atoms with van der Waals surface area (Å²) in [6.07, 6.45) is -2.89. The zero-order valence-corrected chi connectivity index (χ0v) is 19.0. The Morgan fingerprint density at radius 3 is 2.26 bits per heavy atom. The number of amides is 1. The van der Waals surface area contributed by atoms with E-state index in [2.05, 4.69) is 10.3 Å². The van der Waals surface area contributed by atoms with E-state index in [-0.39, 0.29) is 18.6 Å². The Bertz CT molecular complexity index is 1170. The molecule has 1 heterocycles. The molecular formula is C25H24F5N3O2. The summed E-state index contributed by atoms with van der Waals surface area (Å²) < 4.78 is 71.2. The predicted octanol–water partition coefficient (Wildman–Crippen LogP) is 5.05. The number of nitrogens with two attached hydrogens (primary N) is 1. The number of pyridine rings is 1. The van der Waals surface area contributed by atoms with E-state index in [1.54, 1.807) is 0 Å². The number of ether oxygens (including phenoxy) is 1. The molecule has 0 bridgehead atoms. The summed E-state index contributed by atoms with van der Waals surface area (Å²) in [5.74, 6) is -1.56. The van der Waals surface area contributed by atoms with Crippen molar-refractivity contribution in [3.05, 3.63) is 94.8 Å². The first-order valence-corrected chi connectivity index (χ1v) is 10.6. The molecule has 2 atom stereocenters. The second-order valence-electron chi connectivity index (χ2n) is 8.17. The highest BCUT2D eigenvalue weighted by atomic mass is 19.4. The van der Waals surface area contributed by atoms with Crippen LogP contribution in [0.2, 0.25) is 0 Å². The molecule has 0 radical (unpaired) electrons. The van der Waals surface area contributed by atoms with Crippen LogP contribution in [-0.4, -0.2) is 18.0 Å². The maximum atomic E-state index is 13.8. The van der Waals surface area contributed by atoms with E-state index in [9.17, 15) is 26.7 Å². The summed E-state index contributed by atoms with van der Waals surface area (Å²) in [5, 5.41) is 3.18. The van der Waals surface area contributed by atoms with Gasteiger partial charge < -0.3 is 10.5 Å². The van der Waals surface area contributed by atoms with E-state index in [0.29, 0.717) is 16.7 Å². The topological polar surface area (TPSA) is 77.2 Å². The van der Waals surface area contributed by atoms with Crippen molar-refractivity contribution in [2.45, 2.75) is 37.5 Å². The van der Waals surface area contributed by atoms with Crippen molar-refractivity contribution < 1.29 is 31.5 Å². The van der Waals surface area contributed by atoms with E-state index in [1.165, 1.54) is 62.6 Å². The lowest BCUT2D eigenvalue weighted by Gasteiger charge is -2.34. The van der Waals surface area contributed by atoms with Crippen LogP contribution >= 0.6 is 0 Å². The van der Waals surface area contributed by atoms with Crippen LogP contribution in [0.3, 0.4) is 0 Å². The van der Waals surface area contributed by atoms with Crippen molar-refractivity contribution in [3.63, 3.8) is 0 Å². The molecular weight excluding hydrogens is 469 g/mol. The Labute approximate surface area is 199 Å². The highest BCUT2D eigenvalue weighted by molar-refractivity contribution is 5.85. The fourth-order valence-electron chi connectivity index (χ4n) is 3.76. The Balaban J connectivity index is 1.96. The number of rotatable bonds is 9. The normalized spacial score (nSPS) is 14.3. The molecule has 0 spiro atoms. The molecule has 35 heavy (non-hydrogen) atoms. The summed E-state index contributed by atoms with van der Waals surface area (Å²) in [6, 6.07) is 10.7. The van der Waals surface area contributed by atoms with Crippen molar-refractivity contribution in [1.29, 1.82) is 0 Å². The van der Waals surface area contributed by atoms with Gasteiger partial charge in [0, 0.05) is 23.9 Å². The molecule has 1 amide bonds. The van der Waals surface area contributed by atoms with Gasteiger partial charge in [-0.15, -0.1) is 0 Å². The molecule has 0 fully saturated rings. The first kappa shape index (κ1) is 26.1. The van der Waals surface area contributed by atoms with Crippen molar-refractivity contribution in [2.24, 2.45) is 5.73 Å². The number of nitrogens with zero attached hydrogens (tertiary/aromatic N) is 1. The number of carbonyl (C=O) groups excluding carboxylic acids is 1. The number of primary amides is 1. The number of alkyl halides is 3. The monoisotopic (exact) mass is 493 g/mol. The van der Waals surface area contributed by atoms with Crippen LogP contribution in [0, 0.1) is 11.6 Å². The van der Waals surface area contributed by atoms with Gasteiger partial charge in [-0.3, -0.25) is 15.1 Å². The Hall–Kier alpha value is -3.53. The predicted molar refractivity (Wildman–Crippen MR) is 119 cm³/mol. The number of nitrogens with one attached hydrogen (secondary N) is 1. The Kier molecular flexibility index (Phi) is 7.74.